The fraction of sp³-hybridized carbons (Fsp3) is 0.125. The largest absolute Gasteiger partial charge is 0.368 e. The van der Waals surface area contributed by atoms with E-state index in [0.29, 0.717) is 15.7 Å². The predicted octanol–water partition coefficient (Wildman–Crippen LogP) is 4.06. The molecule has 0 saturated carbocycles. The summed E-state index contributed by atoms with van der Waals surface area (Å²) in [6, 6.07) is 4.39. The first-order valence-corrected chi connectivity index (χ1v) is 5.60. The molecule has 0 spiro atoms. The van der Waals surface area contributed by atoms with Crippen LogP contribution in [0.25, 0.3) is 0 Å². The van der Waals surface area contributed by atoms with E-state index in [9.17, 15) is 4.79 Å². The molecule has 1 aromatic rings. The van der Waals surface area contributed by atoms with E-state index in [1.807, 2.05) is 0 Å². The van der Waals surface area contributed by atoms with Gasteiger partial charge in [0, 0.05) is 5.02 Å². The lowest BCUT2D eigenvalue weighted by Gasteiger charge is -2.18. The Morgan fingerprint density at radius 2 is 2.13 bits per heavy atom. The molecule has 4 nitrogen and oxygen atoms in total. The highest BCUT2D eigenvalue weighted by molar-refractivity contribution is 9.09. The molecular formula is C8H4BrCl2N3O. The van der Waals surface area contributed by atoms with Gasteiger partial charge in [0.2, 0.25) is 5.08 Å². The van der Waals surface area contributed by atoms with E-state index in [1.165, 1.54) is 4.90 Å². The van der Waals surface area contributed by atoms with Crippen LogP contribution in [-0.2, 0) is 0 Å². The zero-order chi connectivity index (χ0) is 11.0. The van der Waals surface area contributed by atoms with Crippen molar-refractivity contribution in [1.82, 2.24) is 0 Å². The number of urea groups is 1. The lowest BCUT2D eigenvalue weighted by Crippen LogP contribution is -2.28. The lowest BCUT2D eigenvalue weighted by molar-refractivity contribution is 0.256. The Bertz CT molecular complexity index is 452. The molecule has 78 valence electrons. The SMILES string of the molecule is O=C1N=NC(Br)N1c1ccc(Cl)cc1Cl. The Hall–Kier alpha value is -0.650. The molecule has 1 atom stereocenters. The van der Waals surface area contributed by atoms with Gasteiger partial charge in [-0.2, -0.15) is 0 Å². The molecule has 0 bridgehead atoms. The summed E-state index contributed by atoms with van der Waals surface area (Å²) in [5.74, 6) is 0. The van der Waals surface area contributed by atoms with Gasteiger partial charge in [-0.25, -0.2) is 4.79 Å². The summed E-state index contributed by atoms with van der Waals surface area (Å²) in [5.41, 5.74) is 0.526. The first kappa shape index (κ1) is 10.9. The average molecular weight is 309 g/mol. The molecule has 15 heavy (non-hydrogen) atoms. The standard InChI is InChI=1S/C8H4BrCl2N3O/c9-7-12-13-8(15)14(7)6-2-1-4(10)3-5(6)11/h1-3,7H. The molecule has 1 unspecified atom stereocenters. The third kappa shape index (κ3) is 2.00. The number of alkyl halides is 1. The number of rotatable bonds is 1. The Labute approximate surface area is 104 Å². The van der Waals surface area contributed by atoms with Gasteiger partial charge in [0.15, 0.2) is 0 Å². The average Bonchev–Trinajstić information content (AvgIpc) is 2.48. The van der Waals surface area contributed by atoms with E-state index in [1.54, 1.807) is 18.2 Å². The van der Waals surface area contributed by atoms with Crippen LogP contribution >= 0.6 is 39.1 Å². The number of benzene rings is 1. The molecule has 7 heteroatoms. The lowest BCUT2D eigenvalue weighted by atomic mass is 10.3. The van der Waals surface area contributed by atoms with Crippen LogP contribution in [0.1, 0.15) is 0 Å². The van der Waals surface area contributed by atoms with Crippen molar-refractivity contribution in [1.29, 1.82) is 0 Å². The Balaban J connectivity index is 2.42. The van der Waals surface area contributed by atoms with Gasteiger partial charge in [-0.3, -0.25) is 4.90 Å². The molecule has 0 N–H and O–H groups in total. The topological polar surface area (TPSA) is 45.0 Å². The summed E-state index contributed by atoms with van der Waals surface area (Å²) in [6.45, 7) is 0. The Morgan fingerprint density at radius 3 is 2.67 bits per heavy atom. The molecule has 1 aliphatic rings. The van der Waals surface area contributed by atoms with Crippen LogP contribution < -0.4 is 4.90 Å². The van der Waals surface area contributed by atoms with Gasteiger partial charge in [-0.1, -0.05) is 28.3 Å². The molecule has 1 aliphatic heterocycles. The van der Waals surface area contributed by atoms with Crippen LogP contribution in [0.4, 0.5) is 10.5 Å². The Kier molecular flexibility index (Phi) is 2.95. The number of anilines is 1. The molecule has 1 heterocycles. The fourth-order valence-electron chi connectivity index (χ4n) is 1.18. The molecule has 0 aliphatic carbocycles. The Morgan fingerprint density at radius 1 is 1.40 bits per heavy atom. The van der Waals surface area contributed by atoms with Crippen molar-refractivity contribution in [2.45, 2.75) is 5.08 Å². The summed E-state index contributed by atoms with van der Waals surface area (Å²) in [6.07, 6.45) is 0. The van der Waals surface area contributed by atoms with Crippen molar-refractivity contribution in [3.8, 4) is 0 Å². The molecule has 2 rings (SSSR count). The number of carbonyl (C=O) groups is 1. The van der Waals surface area contributed by atoms with Gasteiger partial charge in [0.1, 0.15) is 0 Å². The maximum Gasteiger partial charge on any atom is 0.368 e. The number of amides is 2. The van der Waals surface area contributed by atoms with Gasteiger partial charge >= 0.3 is 6.03 Å². The highest BCUT2D eigenvalue weighted by Gasteiger charge is 2.29. The first-order chi connectivity index (χ1) is 7.09. The minimum atomic E-state index is -0.510. The molecule has 0 radical (unpaired) electrons. The number of hydrogen-bond donors (Lipinski definition) is 0. The van der Waals surface area contributed by atoms with E-state index in [4.69, 9.17) is 23.2 Å². The number of azo groups is 1. The van der Waals surface area contributed by atoms with Crippen molar-refractivity contribution >= 4 is 50.9 Å². The summed E-state index contributed by atoms with van der Waals surface area (Å²) in [5, 5.41) is 7.46. The summed E-state index contributed by atoms with van der Waals surface area (Å²) < 4.78 is 0. The van der Waals surface area contributed by atoms with Crippen molar-refractivity contribution in [3.63, 3.8) is 0 Å². The third-order valence-corrected chi connectivity index (χ3v) is 2.96. The number of carbonyl (C=O) groups excluding carboxylic acids is 1. The third-order valence-electron chi connectivity index (χ3n) is 1.83. The van der Waals surface area contributed by atoms with Gasteiger partial charge in [-0.05, 0) is 34.1 Å². The van der Waals surface area contributed by atoms with Crippen LogP contribution in [-0.4, -0.2) is 11.1 Å². The van der Waals surface area contributed by atoms with E-state index < -0.39 is 11.1 Å². The minimum Gasteiger partial charge on any atom is -0.255 e. The first-order valence-electron chi connectivity index (χ1n) is 3.93. The highest BCUT2D eigenvalue weighted by Crippen LogP contribution is 2.34. The van der Waals surface area contributed by atoms with Gasteiger partial charge < -0.3 is 0 Å². The molecular weight excluding hydrogens is 305 g/mol. The highest BCUT2D eigenvalue weighted by atomic mass is 79.9. The van der Waals surface area contributed by atoms with E-state index in [0.717, 1.165) is 0 Å². The normalized spacial score (nSPS) is 20.1. The van der Waals surface area contributed by atoms with Gasteiger partial charge in [0.05, 0.1) is 10.7 Å². The number of halogens is 3. The summed E-state index contributed by atoms with van der Waals surface area (Å²) in [4.78, 5) is 12.7. The number of nitrogens with zero attached hydrogens (tertiary/aromatic N) is 3. The van der Waals surface area contributed by atoms with Crippen molar-refractivity contribution < 1.29 is 4.79 Å². The summed E-state index contributed by atoms with van der Waals surface area (Å²) in [7, 11) is 0. The molecule has 0 aromatic heterocycles. The second kappa shape index (κ2) is 4.08. The van der Waals surface area contributed by atoms with Crippen molar-refractivity contribution in [3.05, 3.63) is 28.2 Å². The van der Waals surface area contributed by atoms with Crippen molar-refractivity contribution in [2.24, 2.45) is 10.2 Å². The minimum absolute atomic E-state index is 0.382. The maximum absolute atomic E-state index is 11.4. The quantitative estimate of drug-likeness (QED) is 0.570. The van der Waals surface area contributed by atoms with E-state index in [-0.39, 0.29) is 0 Å². The zero-order valence-corrected chi connectivity index (χ0v) is 10.3. The number of hydrogen-bond acceptors (Lipinski definition) is 2. The van der Waals surface area contributed by atoms with Crippen LogP contribution in [0, 0.1) is 0 Å². The second-order valence-electron chi connectivity index (χ2n) is 2.77. The predicted molar refractivity (Wildman–Crippen MR) is 61.9 cm³/mol. The molecule has 1 aromatic carbocycles. The second-order valence-corrected chi connectivity index (χ2v) is 4.44. The maximum atomic E-state index is 11.4. The molecule has 0 saturated heterocycles. The smallest absolute Gasteiger partial charge is 0.255 e. The van der Waals surface area contributed by atoms with Crippen LogP contribution in [0.2, 0.25) is 10.0 Å². The monoisotopic (exact) mass is 307 g/mol. The van der Waals surface area contributed by atoms with Crippen LogP contribution in [0.3, 0.4) is 0 Å². The molecule has 2 amide bonds. The van der Waals surface area contributed by atoms with Gasteiger partial charge in [-0.15, -0.1) is 5.11 Å². The zero-order valence-electron chi connectivity index (χ0n) is 7.19. The van der Waals surface area contributed by atoms with Crippen molar-refractivity contribution in [2.75, 3.05) is 4.90 Å². The van der Waals surface area contributed by atoms with Gasteiger partial charge in [0.25, 0.3) is 0 Å². The summed E-state index contributed by atoms with van der Waals surface area (Å²) >= 11 is 14.9. The van der Waals surface area contributed by atoms with Crippen LogP contribution in [0.15, 0.2) is 28.4 Å². The van der Waals surface area contributed by atoms with E-state index >= 15 is 0 Å². The van der Waals surface area contributed by atoms with Crippen LogP contribution in [0.5, 0.6) is 0 Å². The molecule has 0 fully saturated rings. The fourth-order valence-corrected chi connectivity index (χ4v) is 2.17. The van der Waals surface area contributed by atoms with E-state index in [2.05, 4.69) is 26.2 Å².